The summed E-state index contributed by atoms with van der Waals surface area (Å²) in [6.45, 7) is 2.01. The van der Waals surface area contributed by atoms with Crippen LogP contribution in [0.3, 0.4) is 0 Å². The van der Waals surface area contributed by atoms with Gasteiger partial charge in [0.05, 0.1) is 5.69 Å². The highest BCUT2D eigenvalue weighted by Crippen LogP contribution is 2.30. The summed E-state index contributed by atoms with van der Waals surface area (Å²) >= 11 is 1.66. The number of hydrogen-bond donors (Lipinski definition) is 1. The molecule has 0 saturated carbocycles. The molecule has 0 saturated heterocycles. The number of thiazole rings is 1. The van der Waals surface area contributed by atoms with Crippen molar-refractivity contribution in [3.8, 4) is 10.6 Å². The molecule has 0 atom stereocenters. The fourth-order valence-electron chi connectivity index (χ4n) is 1.25. The third-order valence-corrected chi connectivity index (χ3v) is 3.17. The maximum Gasteiger partial charge on any atom is 0.125 e. The van der Waals surface area contributed by atoms with Crippen molar-refractivity contribution in [1.29, 1.82) is 0 Å². The molecule has 2 aromatic rings. The highest BCUT2D eigenvalue weighted by molar-refractivity contribution is 7.19. The van der Waals surface area contributed by atoms with Crippen LogP contribution in [0.15, 0.2) is 24.5 Å². The molecule has 14 heavy (non-hydrogen) atoms. The predicted molar refractivity (Wildman–Crippen MR) is 59.6 cm³/mol. The van der Waals surface area contributed by atoms with Crippen molar-refractivity contribution in [2.45, 2.75) is 6.92 Å². The summed E-state index contributed by atoms with van der Waals surface area (Å²) in [5.41, 5.74) is 2.17. The van der Waals surface area contributed by atoms with Crippen molar-refractivity contribution in [3.05, 3.63) is 30.2 Å². The Balaban J connectivity index is 2.43. The van der Waals surface area contributed by atoms with Crippen LogP contribution in [0, 0.1) is 6.92 Å². The van der Waals surface area contributed by atoms with Crippen LogP contribution in [-0.2, 0) is 0 Å². The monoisotopic (exact) mass is 205 g/mol. The van der Waals surface area contributed by atoms with E-state index in [1.165, 1.54) is 0 Å². The fraction of sp³-hybridized carbons (Fsp3) is 0.200. The van der Waals surface area contributed by atoms with Crippen LogP contribution < -0.4 is 5.32 Å². The van der Waals surface area contributed by atoms with Crippen LogP contribution in [0.25, 0.3) is 10.6 Å². The molecule has 72 valence electrons. The van der Waals surface area contributed by atoms with E-state index in [1.54, 1.807) is 23.7 Å². The van der Waals surface area contributed by atoms with Crippen LogP contribution in [0.2, 0.25) is 0 Å². The number of aryl methyl sites for hydroxylation is 1. The van der Waals surface area contributed by atoms with E-state index < -0.39 is 0 Å². The molecule has 0 bridgehead atoms. The van der Waals surface area contributed by atoms with Crippen molar-refractivity contribution in [1.82, 2.24) is 9.97 Å². The number of pyridine rings is 1. The van der Waals surface area contributed by atoms with E-state index in [4.69, 9.17) is 0 Å². The lowest BCUT2D eigenvalue weighted by molar-refractivity contribution is 1.25. The summed E-state index contributed by atoms with van der Waals surface area (Å²) in [7, 11) is 1.91. The Kier molecular flexibility index (Phi) is 2.45. The molecule has 2 rings (SSSR count). The minimum atomic E-state index is 1.04. The standard InChI is InChI=1S/C10H11N3S/c1-7-9(11-2)14-10(13-7)8-3-5-12-6-4-8/h3-6,11H,1-2H3. The van der Waals surface area contributed by atoms with Crippen LogP contribution in [0.5, 0.6) is 0 Å². The minimum absolute atomic E-state index is 1.04. The Morgan fingerprint density at radius 2 is 2.00 bits per heavy atom. The Morgan fingerprint density at radius 3 is 2.57 bits per heavy atom. The fourth-order valence-corrected chi connectivity index (χ4v) is 2.17. The van der Waals surface area contributed by atoms with E-state index >= 15 is 0 Å². The quantitative estimate of drug-likeness (QED) is 0.818. The van der Waals surface area contributed by atoms with Gasteiger partial charge in [-0.1, -0.05) is 11.3 Å². The second-order valence-corrected chi connectivity index (χ2v) is 3.92. The number of anilines is 1. The summed E-state index contributed by atoms with van der Waals surface area (Å²) in [5, 5.41) is 5.28. The molecule has 0 amide bonds. The number of nitrogens with one attached hydrogen (secondary N) is 1. The van der Waals surface area contributed by atoms with Gasteiger partial charge in [0.1, 0.15) is 10.0 Å². The molecule has 0 unspecified atom stereocenters. The van der Waals surface area contributed by atoms with E-state index in [1.807, 2.05) is 26.1 Å². The Morgan fingerprint density at radius 1 is 1.29 bits per heavy atom. The summed E-state index contributed by atoms with van der Waals surface area (Å²) < 4.78 is 0. The third kappa shape index (κ3) is 1.61. The first-order valence-corrected chi connectivity index (χ1v) is 5.18. The molecular formula is C10H11N3S. The largest absolute Gasteiger partial charge is 0.378 e. The molecule has 1 N–H and O–H groups in total. The van der Waals surface area contributed by atoms with Crippen molar-refractivity contribution in [2.24, 2.45) is 0 Å². The van der Waals surface area contributed by atoms with Gasteiger partial charge in [-0.25, -0.2) is 4.98 Å². The average molecular weight is 205 g/mol. The topological polar surface area (TPSA) is 37.8 Å². The van der Waals surface area contributed by atoms with Gasteiger partial charge in [0, 0.05) is 25.0 Å². The van der Waals surface area contributed by atoms with Gasteiger partial charge in [-0.3, -0.25) is 4.98 Å². The second kappa shape index (κ2) is 3.75. The summed E-state index contributed by atoms with van der Waals surface area (Å²) in [5.74, 6) is 0. The molecular weight excluding hydrogens is 194 g/mol. The van der Waals surface area contributed by atoms with E-state index in [9.17, 15) is 0 Å². The van der Waals surface area contributed by atoms with Crippen molar-refractivity contribution < 1.29 is 0 Å². The van der Waals surface area contributed by atoms with E-state index in [2.05, 4.69) is 15.3 Å². The molecule has 0 aliphatic heterocycles. The first-order valence-electron chi connectivity index (χ1n) is 4.37. The highest BCUT2D eigenvalue weighted by Gasteiger charge is 2.06. The lowest BCUT2D eigenvalue weighted by Crippen LogP contribution is -1.85. The maximum absolute atomic E-state index is 4.48. The number of rotatable bonds is 2. The lowest BCUT2D eigenvalue weighted by atomic mass is 10.3. The number of aromatic nitrogens is 2. The van der Waals surface area contributed by atoms with Gasteiger partial charge < -0.3 is 5.32 Å². The molecule has 2 aromatic heterocycles. The van der Waals surface area contributed by atoms with Crippen molar-refractivity contribution in [3.63, 3.8) is 0 Å². The number of nitrogens with zero attached hydrogens (tertiary/aromatic N) is 2. The zero-order valence-electron chi connectivity index (χ0n) is 8.11. The smallest absolute Gasteiger partial charge is 0.125 e. The molecule has 3 nitrogen and oxygen atoms in total. The second-order valence-electron chi connectivity index (χ2n) is 2.92. The Bertz CT molecular complexity index is 422. The molecule has 0 fully saturated rings. The maximum atomic E-state index is 4.48. The van der Waals surface area contributed by atoms with Crippen molar-refractivity contribution >= 4 is 16.3 Å². The average Bonchev–Trinajstić information content (AvgIpc) is 2.61. The Labute approximate surface area is 86.8 Å². The van der Waals surface area contributed by atoms with Crippen LogP contribution in [0.1, 0.15) is 5.69 Å². The van der Waals surface area contributed by atoms with E-state index in [0.29, 0.717) is 0 Å². The zero-order valence-corrected chi connectivity index (χ0v) is 8.93. The van der Waals surface area contributed by atoms with Crippen LogP contribution >= 0.6 is 11.3 Å². The molecule has 2 heterocycles. The van der Waals surface area contributed by atoms with Crippen molar-refractivity contribution in [2.75, 3.05) is 12.4 Å². The molecule has 0 aromatic carbocycles. The molecule has 4 heteroatoms. The first-order chi connectivity index (χ1) is 6.81. The highest BCUT2D eigenvalue weighted by atomic mass is 32.1. The first kappa shape index (κ1) is 9.15. The van der Waals surface area contributed by atoms with Gasteiger partial charge in [-0.05, 0) is 19.1 Å². The summed E-state index contributed by atoms with van der Waals surface area (Å²) in [6.07, 6.45) is 3.57. The molecule has 0 spiro atoms. The van der Waals surface area contributed by atoms with Crippen LogP contribution in [-0.4, -0.2) is 17.0 Å². The predicted octanol–water partition coefficient (Wildman–Crippen LogP) is 2.56. The number of hydrogen-bond acceptors (Lipinski definition) is 4. The minimum Gasteiger partial charge on any atom is -0.378 e. The normalized spacial score (nSPS) is 10.1. The van der Waals surface area contributed by atoms with Gasteiger partial charge in [-0.2, -0.15) is 0 Å². The van der Waals surface area contributed by atoms with Gasteiger partial charge in [0.2, 0.25) is 0 Å². The van der Waals surface area contributed by atoms with E-state index in [0.717, 1.165) is 21.3 Å². The van der Waals surface area contributed by atoms with Gasteiger partial charge in [0.15, 0.2) is 0 Å². The SMILES string of the molecule is CNc1sc(-c2ccncc2)nc1C. The van der Waals surface area contributed by atoms with Gasteiger partial charge in [-0.15, -0.1) is 0 Å². The summed E-state index contributed by atoms with van der Waals surface area (Å²) in [6, 6.07) is 3.94. The Hall–Kier alpha value is -1.42. The molecule has 0 aliphatic carbocycles. The third-order valence-electron chi connectivity index (χ3n) is 1.95. The lowest BCUT2D eigenvalue weighted by Gasteiger charge is -1.92. The summed E-state index contributed by atoms with van der Waals surface area (Å²) in [4.78, 5) is 8.46. The van der Waals surface area contributed by atoms with E-state index in [-0.39, 0.29) is 0 Å². The molecule has 0 radical (unpaired) electrons. The molecule has 0 aliphatic rings. The van der Waals surface area contributed by atoms with Gasteiger partial charge >= 0.3 is 0 Å². The van der Waals surface area contributed by atoms with Gasteiger partial charge in [0.25, 0.3) is 0 Å². The zero-order chi connectivity index (χ0) is 9.97. The van der Waals surface area contributed by atoms with Crippen LogP contribution in [0.4, 0.5) is 5.00 Å².